The number of carboxylic acids is 1. The molecule has 0 spiro atoms. The molecular weight excluding hydrogens is 333 g/mol. The lowest BCUT2D eigenvalue weighted by atomic mass is 10.1. The van der Waals surface area contributed by atoms with E-state index in [-0.39, 0.29) is 14.8 Å². The van der Waals surface area contributed by atoms with Crippen molar-refractivity contribution in [2.24, 2.45) is 0 Å². The maximum absolute atomic E-state index is 12.7. The summed E-state index contributed by atoms with van der Waals surface area (Å²) in [6.07, 6.45) is -2.32. The molecule has 1 heterocycles. The first kappa shape index (κ1) is 12.8. The second-order valence-corrected chi connectivity index (χ2v) is 3.99. The summed E-state index contributed by atoms with van der Waals surface area (Å²) in [6, 6.07) is 1.64. The van der Waals surface area contributed by atoms with Crippen LogP contribution in [0.5, 0.6) is 0 Å². The van der Waals surface area contributed by atoms with Gasteiger partial charge in [0.05, 0.1) is 23.2 Å². The van der Waals surface area contributed by atoms with Crippen molar-refractivity contribution in [3.8, 4) is 6.07 Å². The van der Waals surface area contributed by atoms with E-state index in [4.69, 9.17) is 10.4 Å². The van der Waals surface area contributed by atoms with E-state index in [2.05, 4.69) is 4.98 Å². The van der Waals surface area contributed by atoms with E-state index in [0.717, 1.165) is 0 Å². The Bertz CT molecular complexity index is 471. The molecule has 1 aromatic heterocycles. The van der Waals surface area contributed by atoms with Crippen LogP contribution >= 0.6 is 22.6 Å². The van der Waals surface area contributed by atoms with Gasteiger partial charge in [-0.1, -0.05) is 0 Å². The fourth-order valence-electron chi connectivity index (χ4n) is 1.17. The number of aliphatic carboxylic acids is 1. The standard InChI is InChI=1S/C9H5F2IN2O2/c10-9(11)8-4(2-13)5(12)3-14-6(8)1-7(15)16/h3,9H,1H2,(H,15,16). The highest BCUT2D eigenvalue weighted by molar-refractivity contribution is 14.1. The van der Waals surface area contributed by atoms with Crippen molar-refractivity contribution in [1.29, 1.82) is 5.26 Å². The molecule has 1 rings (SSSR count). The van der Waals surface area contributed by atoms with Crippen LogP contribution in [0.15, 0.2) is 6.20 Å². The molecule has 16 heavy (non-hydrogen) atoms. The molecule has 0 atom stereocenters. The van der Waals surface area contributed by atoms with Gasteiger partial charge in [0, 0.05) is 9.77 Å². The number of carboxylic acid groups (broad SMARTS) is 1. The molecule has 0 bridgehead atoms. The van der Waals surface area contributed by atoms with Gasteiger partial charge in [-0.15, -0.1) is 0 Å². The third-order valence-electron chi connectivity index (χ3n) is 1.80. The number of carbonyl (C=O) groups is 1. The molecule has 0 unspecified atom stereocenters. The predicted molar refractivity (Wildman–Crippen MR) is 58.0 cm³/mol. The Balaban J connectivity index is 3.40. The number of halogens is 3. The molecule has 4 nitrogen and oxygen atoms in total. The molecule has 0 aliphatic heterocycles. The molecular formula is C9H5F2IN2O2. The third kappa shape index (κ3) is 2.63. The van der Waals surface area contributed by atoms with Gasteiger partial charge in [0.1, 0.15) is 6.07 Å². The molecule has 0 aromatic carbocycles. The quantitative estimate of drug-likeness (QED) is 0.857. The Morgan fingerprint density at radius 3 is 2.75 bits per heavy atom. The van der Waals surface area contributed by atoms with Crippen molar-refractivity contribution < 1.29 is 18.7 Å². The van der Waals surface area contributed by atoms with Crippen LogP contribution < -0.4 is 0 Å². The average Bonchev–Trinajstić information content (AvgIpc) is 2.18. The molecule has 84 valence electrons. The molecule has 1 N–H and O–H groups in total. The lowest BCUT2D eigenvalue weighted by Gasteiger charge is -2.09. The van der Waals surface area contributed by atoms with Crippen molar-refractivity contribution in [3.05, 3.63) is 26.6 Å². The first-order valence-electron chi connectivity index (χ1n) is 4.04. The molecule has 0 radical (unpaired) electrons. The highest BCUT2D eigenvalue weighted by Crippen LogP contribution is 2.28. The lowest BCUT2D eigenvalue weighted by Crippen LogP contribution is -2.09. The molecule has 1 aromatic rings. The summed E-state index contributed by atoms with van der Waals surface area (Å²) in [5.41, 5.74) is -1.06. The topological polar surface area (TPSA) is 74.0 Å². The van der Waals surface area contributed by atoms with Gasteiger partial charge in [-0.2, -0.15) is 5.26 Å². The van der Waals surface area contributed by atoms with Gasteiger partial charge in [-0.25, -0.2) is 8.78 Å². The number of hydrogen-bond donors (Lipinski definition) is 1. The minimum absolute atomic E-state index is 0.207. The number of aromatic nitrogens is 1. The molecule has 0 aliphatic rings. The van der Waals surface area contributed by atoms with Gasteiger partial charge in [0.15, 0.2) is 0 Å². The minimum Gasteiger partial charge on any atom is -0.481 e. The van der Waals surface area contributed by atoms with Crippen LogP contribution in [-0.2, 0) is 11.2 Å². The number of rotatable bonds is 3. The molecule has 0 saturated carbocycles. The maximum Gasteiger partial charge on any atom is 0.309 e. The zero-order valence-electron chi connectivity index (χ0n) is 7.75. The van der Waals surface area contributed by atoms with Crippen molar-refractivity contribution >= 4 is 28.6 Å². The van der Waals surface area contributed by atoms with E-state index in [0.29, 0.717) is 0 Å². The van der Waals surface area contributed by atoms with Crippen LogP contribution in [0.1, 0.15) is 23.2 Å². The molecule has 0 fully saturated rings. The Kier molecular flexibility index (Phi) is 4.12. The van der Waals surface area contributed by atoms with E-state index in [1.54, 1.807) is 28.7 Å². The molecule has 7 heteroatoms. The summed E-state index contributed by atoms with van der Waals surface area (Å²) >= 11 is 1.70. The molecule has 0 aliphatic carbocycles. The normalized spacial score (nSPS) is 10.2. The van der Waals surface area contributed by atoms with Gasteiger partial charge in [0.25, 0.3) is 6.43 Å². The highest BCUT2D eigenvalue weighted by Gasteiger charge is 2.22. The number of alkyl halides is 2. The number of hydrogen-bond acceptors (Lipinski definition) is 3. The van der Waals surface area contributed by atoms with E-state index in [1.807, 2.05) is 0 Å². The summed E-state index contributed by atoms with van der Waals surface area (Å²) in [5.74, 6) is -1.26. The van der Waals surface area contributed by atoms with Crippen molar-refractivity contribution in [2.45, 2.75) is 12.8 Å². The van der Waals surface area contributed by atoms with Crippen LogP contribution in [0, 0.1) is 14.9 Å². The minimum atomic E-state index is -2.91. The number of pyridine rings is 1. The zero-order valence-corrected chi connectivity index (χ0v) is 9.90. The van der Waals surface area contributed by atoms with Gasteiger partial charge >= 0.3 is 5.97 Å². The Labute approximate surface area is 103 Å². The Hall–Kier alpha value is -1.30. The van der Waals surface area contributed by atoms with E-state index in [9.17, 15) is 13.6 Å². The highest BCUT2D eigenvalue weighted by atomic mass is 127. The maximum atomic E-state index is 12.7. The molecule has 0 amide bonds. The van der Waals surface area contributed by atoms with Gasteiger partial charge in [-0.3, -0.25) is 9.78 Å². The summed E-state index contributed by atoms with van der Waals surface area (Å²) < 4.78 is 25.7. The van der Waals surface area contributed by atoms with E-state index in [1.165, 1.54) is 6.20 Å². The average molecular weight is 338 g/mol. The number of nitrogens with zero attached hydrogens (tertiary/aromatic N) is 2. The second kappa shape index (κ2) is 5.16. The van der Waals surface area contributed by atoms with Crippen molar-refractivity contribution in [2.75, 3.05) is 0 Å². The smallest absolute Gasteiger partial charge is 0.309 e. The van der Waals surface area contributed by atoms with Crippen LogP contribution in [0.4, 0.5) is 8.78 Å². The van der Waals surface area contributed by atoms with Gasteiger partial charge in [-0.05, 0) is 22.6 Å². The zero-order chi connectivity index (χ0) is 12.3. The van der Waals surface area contributed by atoms with Crippen molar-refractivity contribution in [3.63, 3.8) is 0 Å². The van der Waals surface area contributed by atoms with Gasteiger partial charge < -0.3 is 5.11 Å². The summed E-state index contributed by atoms with van der Waals surface area (Å²) in [4.78, 5) is 14.1. The fraction of sp³-hybridized carbons (Fsp3) is 0.222. The van der Waals surface area contributed by atoms with Crippen LogP contribution in [0.3, 0.4) is 0 Å². The molecule has 0 saturated heterocycles. The van der Waals surface area contributed by atoms with Gasteiger partial charge in [0.2, 0.25) is 0 Å². The second-order valence-electron chi connectivity index (χ2n) is 2.82. The van der Waals surface area contributed by atoms with Crippen LogP contribution in [-0.4, -0.2) is 16.1 Å². The fourth-order valence-corrected chi connectivity index (χ4v) is 1.72. The van der Waals surface area contributed by atoms with E-state index < -0.39 is 24.4 Å². The Morgan fingerprint density at radius 1 is 1.69 bits per heavy atom. The predicted octanol–water partition coefficient (Wildman–Crippen LogP) is 2.12. The summed E-state index contributed by atoms with van der Waals surface area (Å²) in [6.45, 7) is 0. The monoisotopic (exact) mass is 338 g/mol. The lowest BCUT2D eigenvalue weighted by molar-refractivity contribution is -0.136. The summed E-state index contributed by atoms with van der Waals surface area (Å²) in [7, 11) is 0. The number of nitriles is 1. The van der Waals surface area contributed by atoms with Crippen LogP contribution in [0.2, 0.25) is 0 Å². The Morgan fingerprint density at radius 2 is 2.31 bits per heavy atom. The van der Waals surface area contributed by atoms with E-state index >= 15 is 0 Å². The van der Waals surface area contributed by atoms with Crippen LogP contribution in [0.25, 0.3) is 0 Å². The van der Waals surface area contributed by atoms with Crippen molar-refractivity contribution in [1.82, 2.24) is 4.98 Å². The summed E-state index contributed by atoms with van der Waals surface area (Å²) in [5, 5.41) is 17.3. The third-order valence-corrected chi connectivity index (χ3v) is 2.62. The first-order valence-corrected chi connectivity index (χ1v) is 5.12. The SMILES string of the molecule is N#Cc1c(I)cnc(CC(=O)O)c1C(F)F. The first-order chi connectivity index (χ1) is 7.47. The largest absolute Gasteiger partial charge is 0.481 e.